The lowest BCUT2D eigenvalue weighted by molar-refractivity contribution is -0.110. The molecule has 0 aliphatic carbocycles. The Morgan fingerprint density at radius 3 is 2.80 bits per heavy atom. The van der Waals surface area contributed by atoms with Gasteiger partial charge in [-0.3, -0.25) is 9.59 Å². The highest BCUT2D eigenvalue weighted by Crippen LogP contribution is 2.36. The lowest BCUT2D eigenvalue weighted by Crippen LogP contribution is -2.25. The molecule has 2 amide bonds. The van der Waals surface area contributed by atoms with Gasteiger partial charge in [-0.25, -0.2) is 0 Å². The Kier molecular flexibility index (Phi) is 4.99. The van der Waals surface area contributed by atoms with Gasteiger partial charge in [0.05, 0.1) is 5.57 Å². The molecule has 0 saturated heterocycles. The van der Waals surface area contributed by atoms with Crippen LogP contribution in [0.2, 0.25) is 0 Å². The first-order valence-corrected chi connectivity index (χ1v) is 8.86. The van der Waals surface area contributed by atoms with Gasteiger partial charge >= 0.3 is 0 Å². The van der Waals surface area contributed by atoms with Crippen LogP contribution in [0.5, 0.6) is 0 Å². The zero-order valence-electron chi connectivity index (χ0n) is 14.3. The van der Waals surface area contributed by atoms with Crippen LogP contribution in [-0.4, -0.2) is 29.1 Å². The van der Waals surface area contributed by atoms with Crippen molar-refractivity contribution in [1.29, 1.82) is 0 Å². The van der Waals surface area contributed by atoms with Crippen LogP contribution in [0.25, 0.3) is 11.6 Å². The van der Waals surface area contributed by atoms with Crippen LogP contribution in [0.1, 0.15) is 39.3 Å². The van der Waals surface area contributed by atoms with Gasteiger partial charge in [-0.05, 0) is 55.9 Å². The van der Waals surface area contributed by atoms with Crippen molar-refractivity contribution in [2.45, 2.75) is 20.3 Å². The van der Waals surface area contributed by atoms with Crippen molar-refractivity contribution in [2.24, 2.45) is 0 Å². The summed E-state index contributed by atoms with van der Waals surface area (Å²) in [5.41, 5.74) is 5.28. The molecule has 3 N–H and O–H groups in total. The fraction of sp³-hybridized carbons (Fsp3) is 0.263. The number of hydrogen-bond acceptors (Lipinski definition) is 3. The Labute approximate surface area is 152 Å². The molecule has 0 bridgehead atoms. The number of nitrogens with one attached hydrogen (secondary N) is 3. The topological polar surface area (TPSA) is 74.0 Å². The van der Waals surface area contributed by atoms with Crippen molar-refractivity contribution in [2.75, 3.05) is 17.6 Å². The molecule has 130 valence electrons. The highest BCUT2D eigenvalue weighted by Gasteiger charge is 2.29. The van der Waals surface area contributed by atoms with Crippen LogP contribution < -0.4 is 10.6 Å². The first kappa shape index (κ1) is 17.4. The number of hydrogen-bond donors (Lipinski definition) is 4. The molecule has 2 heterocycles. The van der Waals surface area contributed by atoms with E-state index in [2.05, 4.69) is 28.2 Å². The van der Waals surface area contributed by atoms with E-state index in [0.29, 0.717) is 34.7 Å². The van der Waals surface area contributed by atoms with Crippen LogP contribution in [0.3, 0.4) is 0 Å². The van der Waals surface area contributed by atoms with Crippen molar-refractivity contribution >= 4 is 41.8 Å². The quantitative estimate of drug-likeness (QED) is 0.378. The number of anilines is 1. The average Bonchev–Trinajstić information content (AvgIpc) is 3.06. The second kappa shape index (κ2) is 7.19. The van der Waals surface area contributed by atoms with Gasteiger partial charge in [0.15, 0.2) is 0 Å². The summed E-state index contributed by atoms with van der Waals surface area (Å²) in [6, 6.07) is 7.36. The maximum atomic E-state index is 12.5. The Balaban J connectivity index is 2.02. The van der Waals surface area contributed by atoms with Gasteiger partial charge in [-0.2, -0.15) is 12.6 Å². The summed E-state index contributed by atoms with van der Waals surface area (Å²) in [5, 5.41) is 5.73. The van der Waals surface area contributed by atoms with E-state index < -0.39 is 0 Å². The van der Waals surface area contributed by atoms with Crippen LogP contribution in [0, 0.1) is 13.8 Å². The van der Waals surface area contributed by atoms with Gasteiger partial charge in [0.1, 0.15) is 0 Å². The third-order valence-corrected chi connectivity index (χ3v) is 4.49. The van der Waals surface area contributed by atoms with Gasteiger partial charge in [0.2, 0.25) is 0 Å². The minimum atomic E-state index is -0.197. The number of carbonyl (C=O) groups is 2. The summed E-state index contributed by atoms with van der Waals surface area (Å²) in [6.45, 7) is 4.51. The monoisotopic (exact) mass is 355 g/mol. The van der Waals surface area contributed by atoms with Crippen molar-refractivity contribution in [3.8, 4) is 0 Å². The Hall–Kier alpha value is -2.47. The summed E-state index contributed by atoms with van der Waals surface area (Å²) in [5.74, 6) is 0.335. The predicted molar refractivity (Wildman–Crippen MR) is 104 cm³/mol. The molecule has 0 atom stereocenters. The van der Waals surface area contributed by atoms with Gasteiger partial charge in [-0.1, -0.05) is 6.07 Å². The number of aromatic amines is 1. The second-order valence-corrected chi connectivity index (χ2v) is 6.57. The van der Waals surface area contributed by atoms with E-state index in [1.54, 1.807) is 12.1 Å². The standard InChI is InChI=1S/C19H21N3O2S/c1-11-9-12(2)21-16(11)10-14-17-13(18(23)20-7-4-8-25)5-3-6-15(17)22-19(14)24/h3,5-6,9-10,21,25H,4,7-8H2,1-2H3,(H,20,23)(H,22,24). The van der Waals surface area contributed by atoms with E-state index in [1.807, 2.05) is 32.1 Å². The maximum Gasteiger partial charge on any atom is 0.256 e. The summed E-state index contributed by atoms with van der Waals surface area (Å²) in [7, 11) is 0. The molecule has 1 aliphatic rings. The normalized spacial score (nSPS) is 14.5. The number of benzene rings is 1. The lowest BCUT2D eigenvalue weighted by atomic mass is 9.98. The van der Waals surface area contributed by atoms with Gasteiger partial charge in [0, 0.05) is 34.7 Å². The molecule has 0 fully saturated rings. The third-order valence-electron chi connectivity index (χ3n) is 4.17. The number of thiol groups is 1. The Morgan fingerprint density at radius 2 is 2.12 bits per heavy atom. The SMILES string of the molecule is Cc1cc(C)c(C=C2C(=O)Nc3cccc(C(=O)NCCCS)c32)[nH]1. The summed E-state index contributed by atoms with van der Waals surface area (Å²) in [6.07, 6.45) is 2.61. The van der Waals surface area contributed by atoms with Crippen molar-refractivity contribution in [3.63, 3.8) is 0 Å². The smallest absolute Gasteiger partial charge is 0.256 e. The molecule has 5 nitrogen and oxygen atoms in total. The summed E-state index contributed by atoms with van der Waals surface area (Å²) in [4.78, 5) is 28.2. The number of aryl methyl sites for hydroxylation is 2. The minimum absolute atomic E-state index is 0.180. The molecule has 2 aromatic rings. The van der Waals surface area contributed by atoms with Crippen molar-refractivity contribution < 1.29 is 9.59 Å². The largest absolute Gasteiger partial charge is 0.359 e. The molecule has 0 saturated carbocycles. The van der Waals surface area contributed by atoms with E-state index in [1.165, 1.54) is 0 Å². The number of amides is 2. The molecule has 6 heteroatoms. The fourth-order valence-electron chi connectivity index (χ4n) is 3.00. The van der Waals surface area contributed by atoms with Gasteiger partial charge < -0.3 is 15.6 Å². The highest BCUT2D eigenvalue weighted by molar-refractivity contribution is 7.80. The van der Waals surface area contributed by atoms with Crippen LogP contribution >= 0.6 is 12.6 Å². The molecule has 1 aromatic heterocycles. The molecular weight excluding hydrogens is 334 g/mol. The molecule has 25 heavy (non-hydrogen) atoms. The maximum absolute atomic E-state index is 12.5. The zero-order valence-corrected chi connectivity index (χ0v) is 15.2. The van der Waals surface area contributed by atoms with E-state index in [9.17, 15) is 9.59 Å². The average molecular weight is 355 g/mol. The Bertz CT molecular complexity index is 868. The number of rotatable bonds is 5. The number of fused-ring (bicyclic) bond motifs is 1. The fourth-order valence-corrected chi connectivity index (χ4v) is 3.15. The van der Waals surface area contributed by atoms with Crippen LogP contribution in [0.15, 0.2) is 24.3 Å². The number of H-pyrrole nitrogens is 1. The molecule has 0 radical (unpaired) electrons. The molecule has 1 aliphatic heterocycles. The van der Waals surface area contributed by atoms with E-state index in [4.69, 9.17) is 0 Å². The summed E-state index contributed by atoms with van der Waals surface area (Å²) < 4.78 is 0. The second-order valence-electron chi connectivity index (χ2n) is 6.12. The summed E-state index contributed by atoms with van der Waals surface area (Å²) >= 11 is 4.15. The molecule has 0 spiro atoms. The van der Waals surface area contributed by atoms with Crippen molar-refractivity contribution in [1.82, 2.24) is 10.3 Å². The number of aromatic nitrogens is 1. The zero-order chi connectivity index (χ0) is 18.0. The molecule has 3 rings (SSSR count). The van der Waals surface area contributed by atoms with E-state index in [-0.39, 0.29) is 11.8 Å². The third kappa shape index (κ3) is 3.49. The molecular formula is C19H21N3O2S. The first-order chi connectivity index (χ1) is 12.0. The first-order valence-electron chi connectivity index (χ1n) is 8.23. The Morgan fingerprint density at radius 1 is 1.32 bits per heavy atom. The van der Waals surface area contributed by atoms with E-state index in [0.717, 1.165) is 23.4 Å². The molecule has 1 aromatic carbocycles. The van der Waals surface area contributed by atoms with Crippen LogP contribution in [-0.2, 0) is 4.79 Å². The minimum Gasteiger partial charge on any atom is -0.359 e. The van der Waals surface area contributed by atoms with Gasteiger partial charge in [0.25, 0.3) is 11.8 Å². The number of carbonyl (C=O) groups excluding carboxylic acids is 2. The van der Waals surface area contributed by atoms with Crippen LogP contribution in [0.4, 0.5) is 5.69 Å². The van der Waals surface area contributed by atoms with Crippen molar-refractivity contribution in [3.05, 3.63) is 52.3 Å². The van der Waals surface area contributed by atoms with Gasteiger partial charge in [-0.15, -0.1) is 0 Å². The highest BCUT2D eigenvalue weighted by atomic mass is 32.1. The predicted octanol–water partition coefficient (Wildman–Crippen LogP) is 3.17. The lowest BCUT2D eigenvalue weighted by Gasteiger charge is -2.09. The van der Waals surface area contributed by atoms with E-state index >= 15 is 0 Å². The molecule has 0 unspecified atom stereocenters.